The standard InChI is InChI=1S/C10H14BrNO3/c1-4-10(6(2)3,9(13)14)7-5-8(11)12-15-7/h5-6H,4H2,1-3H3,(H,13,14). The fourth-order valence-electron chi connectivity index (χ4n) is 1.83. The molecule has 0 spiro atoms. The molecule has 1 unspecified atom stereocenters. The Labute approximate surface area is 96.8 Å². The van der Waals surface area contributed by atoms with E-state index in [1.54, 1.807) is 6.07 Å². The average molecular weight is 276 g/mol. The number of rotatable bonds is 4. The molecule has 0 radical (unpaired) electrons. The highest BCUT2D eigenvalue weighted by Gasteiger charge is 2.45. The van der Waals surface area contributed by atoms with Crippen LogP contribution in [0.4, 0.5) is 0 Å². The molecule has 1 atom stereocenters. The molecule has 0 aliphatic rings. The molecule has 1 aromatic rings. The Kier molecular flexibility index (Phi) is 3.54. The van der Waals surface area contributed by atoms with Crippen molar-refractivity contribution in [2.75, 3.05) is 0 Å². The van der Waals surface area contributed by atoms with Gasteiger partial charge in [0.25, 0.3) is 0 Å². The van der Waals surface area contributed by atoms with Gasteiger partial charge < -0.3 is 9.63 Å². The van der Waals surface area contributed by atoms with Crippen LogP contribution < -0.4 is 0 Å². The van der Waals surface area contributed by atoms with Crippen LogP contribution in [0.15, 0.2) is 15.2 Å². The van der Waals surface area contributed by atoms with Gasteiger partial charge in [0.05, 0.1) is 0 Å². The van der Waals surface area contributed by atoms with Gasteiger partial charge in [-0.05, 0) is 28.3 Å². The summed E-state index contributed by atoms with van der Waals surface area (Å²) in [7, 11) is 0. The number of carboxylic acids is 1. The molecule has 0 bridgehead atoms. The van der Waals surface area contributed by atoms with Gasteiger partial charge >= 0.3 is 5.97 Å². The van der Waals surface area contributed by atoms with E-state index in [1.165, 1.54) is 0 Å². The van der Waals surface area contributed by atoms with Crippen molar-refractivity contribution < 1.29 is 14.4 Å². The molecule has 1 N–H and O–H groups in total. The van der Waals surface area contributed by atoms with Crippen molar-refractivity contribution in [2.45, 2.75) is 32.6 Å². The topological polar surface area (TPSA) is 63.3 Å². The number of hydrogen-bond acceptors (Lipinski definition) is 3. The minimum Gasteiger partial charge on any atom is -0.480 e. The summed E-state index contributed by atoms with van der Waals surface area (Å²) in [5.41, 5.74) is -0.987. The number of carbonyl (C=O) groups is 1. The van der Waals surface area contributed by atoms with Gasteiger partial charge in [-0.3, -0.25) is 4.79 Å². The van der Waals surface area contributed by atoms with Crippen LogP contribution >= 0.6 is 15.9 Å². The predicted molar refractivity (Wildman–Crippen MR) is 58.6 cm³/mol. The minimum absolute atomic E-state index is 0.0557. The zero-order valence-electron chi connectivity index (χ0n) is 8.95. The van der Waals surface area contributed by atoms with Crippen LogP contribution in [0.25, 0.3) is 0 Å². The predicted octanol–water partition coefficient (Wildman–Crippen LogP) is 2.83. The first kappa shape index (κ1) is 12.2. The molecular weight excluding hydrogens is 262 g/mol. The van der Waals surface area contributed by atoms with Gasteiger partial charge in [0.1, 0.15) is 10.0 Å². The van der Waals surface area contributed by atoms with Crippen molar-refractivity contribution in [2.24, 2.45) is 5.92 Å². The van der Waals surface area contributed by atoms with Crippen LogP contribution in [0.2, 0.25) is 0 Å². The first-order valence-corrected chi connectivity index (χ1v) is 5.60. The molecule has 0 aromatic carbocycles. The van der Waals surface area contributed by atoms with Crippen LogP contribution in [0.5, 0.6) is 0 Å². The number of nitrogens with zero attached hydrogens (tertiary/aromatic N) is 1. The zero-order chi connectivity index (χ0) is 11.6. The molecule has 0 saturated heterocycles. The second-order valence-corrected chi connectivity index (χ2v) is 4.61. The van der Waals surface area contributed by atoms with E-state index in [2.05, 4.69) is 21.1 Å². The first-order valence-electron chi connectivity index (χ1n) is 4.81. The molecule has 1 rings (SSSR count). The summed E-state index contributed by atoms with van der Waals surface area (Å²) >= 11 is 3.15. The van der Waals surface area contributed by atoms with Crippen LogP contribution in [0, 0.1) is 5.92 Å². The van der Waals surface area contributed by atoms with Gasteiger partial charge in [-0.15, -0.1) is 0 Å². The Morgan fingerprint density at radius 1 is 1.73 bits per heavy atom. The SMILES string of the molecule is CCC(C(=O)O)(c1cc(Br)no1)C(C)C. The maximum Gasteiger partial charge on any atom is 0.317 e. The van der Waals surface area contributed by atoms with Crippen molar-refractivity contribution in [3.8, 4) is 0 Å². The van der Waals surface area contributed by atoms with Gasteiger partial charge in [0.2, 0.25) is 0 Å². The third-order valence-electron chi connectivity index (χ3n) is 2.85. The highest BCUT2D eigenvalue weighted by atomic mass is 79.9. The number of hydrogen-bond donors (Lipinski definition) is 1. The molecule has 0 aliphatic carbocycles. The normalized spacial score (nSPS) is 15.3. The largest absolute Gasteiger partial charge is 0.480 e. The Hall–Kier alpha value is -0.840. The molecule has 5 heteroatoms. The van der Waals surface area contributed by atoms with Crippen LogP contribution in [0.3, 0.4) is 0 Å². The van der Waals surface area contributed by atoms with Gasteiger partial charge in [-0.2, -0.15) is 0 Å². The molecule has 1 aromatic heterocycles. The van der Waals surface area contributed by atoms with Crippen molar-refractivity contribution in [3.05, 3.63) is 16.4 Å². The smallest absolute Gasteiger partial charge is 0.317 e. The minimum atomic E-state index is -0.987. The summed E-state index contributed by atoms with van der Waals surface area (Å²) in [5.74, 6) is -0.525. The summed E-state index contributed by atoms with van der Waals surface area (Å²) in [6, 6.07) is 1.62. The van der Waals surface area contributed by atoms with E-state index in [-0.39, 0.29) is 5.92 Å². The third-order valence-corrected chi connectivity index (χ3v) is 3.22. The highest BCUT2D eigenvalue weighted by Crippen LogP contribution is 2.37. The van der Waals surface area contributed by atoms with Crippen molar-refractivity contribution in [3.63, 3.8) is 0 Å². The summed E-state index contributed by atoms with van der Waals surface area (Å²) < 4.78 is 5.59. The van der Waals surface area contributed by atoms with Crippen LogP contribution in [0.1, 0.15) is 33.0 Å². The second kappa shape index (κ2) is 4.35. The van der Waals surface area contributed by atoms with Gasteiger partial charge in [0.15, 0.2) is 5.76 Å². The Balaban J connectivity index is 3.27. The van der Waals surface area contributed by atoms with Crippen molar-refractivity contribution in [1.29, 1.82) is 0 Å². The maximum atomic E-state index is 11.4. The summed E-state index contributed by atoms with van der Waals surface area (Å²) in [5, 5.41) is 13.0. The molecule has 0 fully saturated rings. The summed E-state index contributed by atoms with van der Waals surface area (Å²) in [6.07, 6.45) is 0.474. The van der Waals surface area contributed by atoms with E-state index in [0.717, 1.165) is 0 Å². The highest BCUT2D eigenvalue weighted by molar-refractivity contribution is 9.10. The molecule has 0 aliphatic heterocycles. The van der Waals surface area contributed by atoms with Crippen molar-refractivity contribution >= 4 is 21.9 Å². The lowest BCUT2D eigenvalue weighted by Gasteiger charge is -2.29. The van der Waals surface area contributed by atoms with E-state index in [4.69, 9.17) is 4.52 Å². The van der Waals surface area contributed by atoms with E-state index >= 15 is 0 Å². The third kappa shape index (κ3) is 1.93. The molecule has 84 valence electrons. The van der Waals surface area contributed by atoms with E-state index in [0.29, 0.717) is 16.8 Å². The molecular formula is C10H14BrNO3. The molecule has 1 heterocycles. The Morgan fingerprint density at radius 2 is 2.33 bits per heavy atom. The molecule has 4 nitrogen and oxygen atoms in total. The summed E-state index contributed by atoms with van der Waals surface area (Å²) in [4.78, 5) is 11.4. The fraction of sp³-hybridized carbons (Fsp3) is 0.600. The fourth-order valence-corrected chi connectivity index (χ4v) is 2.11. The van der Waals surface area contributed by atoms with Crippen molar-refractivity contribution in [1.82, 2.24) is 5.16 Å². The van der Waals surface area contributed by atoms with Gasteiger partial charge in [-0.1, -0.05) is 25.9 Å². The van der Waals surface area contributed by atoms with Gasteiger partial charge in [0, 0.05) is 6.07 Å². The Bertz CT molecular complexity index is 361. The van der Waals surface area contributed by atoms with E-state index in [1.807, 2.05) is 20.8 Å². The molecule has 0 amide bonds. The quantitative estimate of drug-likeness (QED) is 0.918. The number of aromatic nitrogens is 1. The average Bonchev–Trinajstić information content (AvgIpc) is 2.53. The number of halogens is 1. The van der Waals surface area contributed by atoms with Crippen LogP contribution in [-0.2, 0) is 10.2 Å². The summed E-state index contributed by atoms with van der Waals surface area (Å²) in [6.45, 7) is 5.58. The first-order chi connectivity index (χ1) is 6.95. The lowest BCUT2D eigenvalue weighted by molar-refractivity contribution is -0.147. The van der Waals surface area contributed by atoms with Crippen LogP contribution in [-0.4, -0.2) is 16.2 Å². The molecule has 15 heavy (non-hydrogen) atoms. The van der Waals surface area contributed by atoms with E-state index in [9.17, 15) is 9.90 Å². The lowest BCUT2D eigenvalue weighted by Crippen LogP contribution is -2.40. The maximum absolute atomic E-state index is 11.4. The monoisotopic (exact) mass is 275 g/mol. The zero-order valence-corrected chi connectivity index (χ0v) is 10.5. The van der Waals surface area contributed by atoms with E-state index < -0.39 is 11.4 Å². The van der Waals surface area contributed by atoms with Gasteiger partial charge in [-0.25, -0.2) is 0 Å². The lowest BCUT2D eigenvalue weighted by atomic mass is 9.73. The number of aliphatic carboxylic acids is 1. The number of carboxylic acid groups (broad SMARTS) is 1. The second-order valence-electron chi connectivity index (χ2n) is 3.80. The Morgan fingerprint density at radius 3 is 2.60 bits per heavy atom. The molecule has 0 saturated carbocycles.